The van der Waals surface area contributed by atoms with E-state index in [0.717, 1.165) is 32.1 Å². The molecule has 1 atom stereocenters. The third kappa shape index (κ3) is 2.24. The van der Waals surface area contributed by atoms with Crippen LogP contribution in [-0.2, 0) is 9.59 Å². The van der Waals surface area contributed by atoms with E-state index < -0.39 is 0 Å². The highest BCUT2D eigenvalue weighted by molar-refractivity contribution is 6.05. The number of imide groups is 1. The molecular weight excluding hydrogens is 258 g/mol. The molecule has 1 aromatic rings. The minimum absolute atomic E-state index is 0.0839. The quantitative estimate of drug-likeness (QED) is 0.668. The molecule has 0 bridgehead atoms. The first-order chi connectivity index (χ1) is 9.66. The molecule has 3 heterocycles. The van der Waals surface area contributed by atoms with Crippen LogP contribution in [0.4, 0.5) is 5.95 Å². The summed E-state index contributed by atoms with van der Waals surface area (Å²) >= 11 is 0. The monoisotopic (exact) mass is 275 g/mol. The number of hydrogen-bond acceptors (Lipinski definition) is 6. The maximum atomic E-state index is 12.0. The van der Waals surface area contributed by atoms with E-state index in [1.54, 1.807) is 25.5 Å². The van der Waals surface area contributed by atoms with Gasteiger partial charge in [-0.15, -0.1) is 0 Å². The molecule has 0 spiro atoms. The van der Waals surface area contributed by atoms with Gasteiger partial charge < -0.3 is 4.90 Å². The number of anilines is 1. The molecule has 1 aromatic heterocycles. The Morgan fingerprint density at radius 3 is 2.30 bits per heavy atom. The average Bonchev–Trinajstić information content (AvgIpc) is 2.76. The topological polar surface area (TPSA) is 69.6 Å². The molecule has 2 amide bonds. The van der Waals surface area contributed by atoms with Gasteiger partial charge in [0, 0.05) is 45.6 Å². The van der Waals surface area contributed by atoms with Crippen molar-refractivity contribution in [2.45, 2.75) is 12.5 Å². The SMILES string of the molecule is CN1C(=O)C[C@H](N2CCN(c3ncccn3)CC2)C1=O. The molecule has 2 aliphatic rings. The van der Waals surface area contributed by atoms with Gasteiger partial charge in [0.1, 0.15) is 0 Å². The standard InChI is InChI=1S/C13H17N5O2/c1-16-11(19)9-10(12(16)20)17-5-7-18(8-6-17)13-14-3-2-4-15-13/h2-4,10H,5-9H2,1H3/t10-/m0/s1. The Morgan fingerprint density at radius 1 is 1.10 bits per heavy atom. The van der Waals surface area contributed by atoms with Gasteiger partial charge in [-0.1, -0.05) is 0 Å². The number of rotatable bonds is 2. The molecule has 20 heavy (non-hydrogen) atoms. The van der Waals surface area contributed by atoms with E-state index in [0.29, 0.717) is 6.42 Å². The Kier molecular flexibility index (Phi) is 3.35. The lowest BCUT2D eigenvalue weighted by atomic mass is 10.2. The van der Waals surface area contributed by atoms with Crippen molar-refractivity contribution in [2.75, 3.05) is 38.1 Å². The summed E-state index contributed by atoms with van der Waals surface area (Å²) in [5.74, 6) is 0.548. The second kappa shape index (κ2) is 5.16. The van der Waals surface area contributed by atoms with Crippen LogP contribution in [0.15, 0.2) is 18.5 Å². The molecule has 106 valence electrons. The summed E-state index contributed by atoms with van der Waals surface area (Å²) < 4.78 is 0. The van der Waals surface area contributed by atoms with Crippen LogP contribution in [0.1, 0.15) is 6.42 Å². The van der Waals surface area contributed by atoms with Gasteiger partial charge in [0.25, 0.3) is 0 Å². The van der Waals surface area contributed by atoms with Gasteiger partial charge in [-0.25, -0.2) is 9.97 Å². The molecule has 0 saturated carbocycles. The van der Waals surface area contributed by atoms with Crippen molar-refractivity contribution in [1.82, 2.24) is 19.8 Å². The minimum Gasteiger partial charge on any atom is -0.338 e. The Morgan fingerprint density at radius 2 is 1.75 bits per heavy atom. The zero-order valence-electron chi connectivity index (χ0n) is 11.4. The van der Waals surface area contributed by atoms with E-state index in [4.69, 9.17) is 0 Å². The summed E-state index contributed by atoms with van der Waals surface area (Å²) in [6.45, 7) is 3.03. The van der Waals surface area contributed by atoms with Crippen LogP contribution in [0.2, 0.25) is 0 Å². The average molecular weight is 275 g/mol. The van der Waals surface area contributed by atoms with Gasteiger partial charge in [-0.05, 0) is 6.07 Å². The normalized spacial score (nSPS) is 24.6. The van der Waals surface area contributed by atoms with E-state index in [1.807, 2.05) is 0 Å². The highest BCUT2D eigenvalue weighted by Gasteiger charge is 2.40. The fourth-order valence-corrected chi connectivity index (χ4v) is 2.71. The first kappa shape index (κ1) is 13.0. The summed E-state index contributed by atoms with van der Waals surface area (Å²) in [7, 11) is 1.55. The molecule has 2 fully saturated rings. The zero-order valence-corrected chi connectivity index (χ0v) is 11.4. The smallest absolute Gasteiger partial charge is 0.246 e. The van der Waals surface area contributed by atoms with Crippen LogP contribution in [0.3, 0.4) is 0 Å². The van der Waals surface area contributed by atoms with Crippen molar-refractivity contribution < 1.29 is 9.59 Å². The lowest BCUT2D eigenvalue weighted by Gasteiger charge is -2.36. The van der Waals surface area contributed by atoms with Crippen molar-refractivity contribution in [1.29, 1.82) is 0 Å². The molecule has 0 aliphatic carbocycles. The second-order valence-corrected chi connectivity index (χ2v) is 5.08. The number of piperazine rings is 1. The van der Waals surface area contributed by atoms with Crippen LogP contribution in [0.5, 0.6) is 0 Å². The lowest BCUT2D eigenvalue weighted by Crippen LogP contribution is -2.52. The summed E-state index contributed by atoms with van der Waals surface area (Å²) in [5, 5.41) is 0. The first-order valence-electron chi connectivity index (χ1n) is 6.73. The summed E-state index contributed by atoms with van der Waals surface area (Å²) in [6, 6.07) is 1.50. The number of amides is 2. The van der Waals surface area contributed by atoms with E-state index in [2.05, 4.69) is 19.8 Å². The fraction of sp³-hybridized carbons (Fsp3) is 0.538. The van der Waals surface area contributed by atoms with E-state index in [-0.39, 0.29) is 17.9 Å². The summed E-state index contributed by atoms with van der Waals surface area (Å²) in [5.41, 5.74) is 0. The van der Waals surface area contributed by atoms with Crippen LogP contribution < -0.4 is 4.90 Å². The molecule has 7 nitrogen and oxygen atoms in total. The Balaban J connectivity index is 1.62. The van der Waals surface area contributed by atoms with Crippen LogP contribution in [-0.4, -0.2) is 70.9 Å². The number of hydrogen-bond donors (Lipinski definition) is 0. The van der Waals surface area contributed by atoms with E-state index in [1.165, 1.54) is 4.90 Å². The van der Waals surface area contributed by atoms with Crippen molar-refractivity contribution in [2.24, 2.45) is 0 Å². The van der Waals surface area contributed by atoms with E-state index >= 15 is 0 Å². The molecule has 2 saturated heterocycles. The van der Waals surface area contributed by atoms with Crippen molar-refractivity contribution >= 4 is 17.8 Å². The largest absolute Gasteiger partial charge is 0.338 e. The van der Waals surface area contributed by atoms with Gasteiger partial charge in [-0.3, -0.25) is 19.4 Å². The molecule has 0 unspecified atom stereocenters. The number of carbonyl (C=O) groups excluding carboxylic acids is 2. The van der Waals surface area contributed by atoms with Crippen molar-refractivity contribution in [3.05, 3.63) is 18.5 Å². The molecule has 0 aromatic carbocycles. The lowest BCUT2D eigenvalue weighted by molar-refractivity contribution is -0.138. The number of likely N-dealkylation sites (tertiary alicyclic amines) is 1. The predicted octanol–water partition coefficient (Wildman–Crippen LogP) is -0.644. The van der Waals surface area contributed by atoms with Crippen LogP contribution >= 0.6 is 0 Å². The van der Waals surface area contributed by atoms with Gasteiger partial charge in [-0.2, -0.15) is 0 Å². The molecule has 7 heteroatoms. The number of likely N-dealkylation sites (N-methyl/N-ethyl adjacent to an activating group) is 1. The van der Waals surface area contributed by atoms with Crippen molar-refractivity contribution in [3.63, 3.8) is 0 Å². The maximum absolute atomic E-state index is 12.0. The van der Waals surface area contributed by atoms with Gasteiger partial charge in [0.15, 0.2) is 0 Å². The molecule has 3 rings (SSSR count). The molecule has 0 radical (unpaired) electrons. The molecular formula is C13H17N5O2. The number of carbonyl (C=O) groups is 2. The van der Waals surface area contributed by atoms with Gasteiger partial charge >= 0.3 is 0 Å². The zero-order chi connectivity index (χ0) is 14.1. The van der Waals surface area contributed by atoms with Crippen molar-refractivity contribution in [3.8, 4) is 0 Å². The Labute approximate surface area is 117 Å². The second-order valence-electron chi connectivity index (χ2n) is 5.08. The summed E-state index contributed by atoms with van der Waals surface area (Å²) in [6.07, 6.45) is 3.75. The van der Waals surface area contributed by atoms with Gasteiger partial charge in [0.05, 0.1) is 12.5 Å². The summed E-state index contributed by atoms with van der Waals surface area (Å²) in [4.78, 5) is 37.4. The Bertz CT molecular complexity index is 513. The van der Waals surface area contributed by atoms with Gasteiger partial charge in [0.2, 0.25) is 17.8 Å². The first-order valence-corrected chi connectivity index (χ1v) is 6.73. The highest BCUT2D eigenvalue weighted by Crippen LogP contribution is 2.19. The number of nitrogens with zero attached hydrogens (tertiary/aromatic N) is 5. The number of aromatic nitrogens is 2. The predicted molar refractivity (Wildman–Crippen MR) is 72.0 cm³/mol. The molecule has 0 N–H and O–H groups in total. The fourth-order valence-electron chi connectivity index (χ4n) is 2.71. The Hall–Kier alpha value is -2.02. The molecule has 2 aliphatic heterocycles. The highest BCUT2D eigenvalue weighted by atomic mass is 16.2. The van der Waals surface area contributed by atoms with Crippen LogP contribution in [0.25, 0.3) is 0 Å². The third-order valence-electron chi connectivity index (χ3n) is 3.95. The maximum Gasteiger partial charge on any atom is 0.246 e. The third-order valence-corrected chi connectivity index (χ3v) is 3.95. The minimum atomic E-state index is -0.286. The van der Waals surface area contributed by atoms with Crippen LogP contribution in [0, 0.1) is 0 Å². The van der Waals surface area contributed by atoms with E-state index in [9.17, 15) is 9.59 Å².